The van der Waals surface area contributed by atoms with E-state index in [1.54, 1.807) is 6.07 Å². The number of rotatable bonds is 9. The standard InChI is InChI=1S/C25H26FN5O7/c1-23(21(34)35)12-37-25(38-13-23,24(7-8-24)19(27)33)20-30-17(14-2-4-15(26)5-3-14)18(31-20)16-6-9-28-22(29-16)36-11-10-32/h2-6,9,32H,7-8,10-13H2,1H3,(H2,27,33)(H,30,31)(H,34,35). The van der Waals surface area contributed by atoms with Gasteiger partial charge in [-0.25, -0.2) is 14.4 Å². The molecule has 38 heavy (non-hydrogen) atoms. The third kappa shape index (κ3) is 4.18. The number of nitrogens with two attached hydrogens (primary N) is 1. The molecule has 0 radical (unpaired) electrons. The zero-order valence-corrected chi connectivity index (χ0v) is 20.4. The maximum absolute atomic E-state index is 13.7. The van der Waals surface area contributed by atoms with Crippen molar-refractivity contribution in [3.63, 3.8) is 0 Å². The first-order valence-corrected chi connectivity index (χ1v) is 11.9. The number of amides is 1. The lowest BCUT2D eigenvalue weighted by Gasteiger charge is -2.45. The molecule has 1 aliphatic carbocycles. The minimum absolute atomic E-state index is 0.00524. The summed E-state index contributed by atoms with van der Waals surface area (Å²) in [6.45, 7) is 0.717. The van der Waals surface area contributed by atoms with Crippen LogP contribution in [0.3, 0.4) is 0 Å². The van der Waals surface area contributed by atoms with Crippen molar-refractivity contribution in [2.75, 3.05) is 26.4 Å². The number of carboxylic acids is 1. The van der Waals surface area contributed by atoms with Crippen LogP contribution in [0.2, 0.25) is 0 Å². The zero-order chi connectivity index (χ0) is 27.1. The van der Waals surface area contributed by atoms with Gasteiger partial charge in [-0.2, -0.15) is 4.98 Å². The van der Waals surface area contributed by atoms with Crippen LogP contribution in [0.25, 0.3) is 22.6 Å². The van der Waals surface area contributed by atoms with E-state index in [4.69, 9.17) is 30.0 Å². The number of halogens is 1. The molecule has 5 N–H and O–H groups in total. The van der Waals surface area contributed by atoms with Gasteiger partial charge < -0.3 is 35.1 Å². The van der Waals surface area contributed by atoms with Gasteiger partial charge in [0, 0.05) is 11.8 Å². The minimum atomic E-state index is -1.79. The molecule has 1 saturated carbocycles. The van der Waals surface area contributed by atoms with Gasteiger partial charge in [-0.15, -0.1) is 0 Å². The number of nitrogens with one attached hydrogen (secondary N) is 1. The van der Waals surface area contributed by atoms with Crippen molar-refractivity contribution in [2.45, 2.75) is 25.6 Å². The molecule has 3 heterocycles. The van der Waals surface area contributed by atoms with Gasteiger partial charge in [0.2, 0.25) is 11.7 Å². The van der Waals surface area contributed by atoms with Crippen molar-refractivity contribution in [2.24, 2.45) is 16.6 Å². The molecular formula is C25H26FN5O7. The summed E-state index contributed by atoms with van der Waals surface area (Å²) in [6.07, 6.45) is 2.15. The number of H-pyrrole nitrogens is 1. The largest absolute Gasteiger partial charge is 0.481 e. The number of nitrogens with zero attached hydrogens (tertiary/aromatic N) is 3. The number of hydrogen-bond acceptors (Lipinski definition) is 9. The summed E-state index contributed by atoms with van der Waals surface area (Å²) in [4.78, 5) is 40.8. The van der Waals surface area contributed by atoms with E-state index in [0.29, 0.717) is 35.5 Å². The molecule has 2 aromatic heterocycles. The molecule has 1 saturated heterocycles. The van der Waals surface area contributed by atoms with Gasteiger partial charge in [-0.05, 0) is 50.1 Å². The third-order valence-electron chi connectivity index (χ3n) is 6.90. The lowest BCUT2D eigenvalue weighted by molar-refractivity contribution is -0.336. The number of carbonyl (C=O) groups is 2. The van der Waals surface area contributed by atoms with E-state index in [1.807, 2.05) is 0 Å². The van der Waals surface area contributed by atoms with Crippen LogP contribution in [0.1, 0.15) is 25.6 Å². The van der Waals surface area contributed by atoms with Crippen molar-refractivity contribution >= 4 is 11.9 Å². The summed E-state index contributed by atoms with van der Waals surface area (Å²) in [5, 5.41) is 18.7. The highest BCUT2D eigenvalue weighted by Gasteiger charge is 2.70. The lowest BCUT2D eigenvalue weighted by Crippen LogP contribution is -2.57. The van der Waals surface area contributed by atoms with Crippen LogP contribution in [0.4, 0.5) is 4.39 Å². The highest BCUT2D eigenvalue weighted by Crippen LogP contribution is 2.62. The van der Waals surface area contributed by atoms with Crippen molar-refractivity contribution in [3.05, 3.63) is 48.2 Å². The van der Waals surface area contributed by atoms with Gasteiger partial charge >= 0.3 is 12.0 Å². The Hall–Kier alpha value is -3.94. The van der Waals surface area contributed by atoms with Crippen LogP contribution in [0.15, 0.2) is 36.5 Å². The molecular weight excluding hydrogens is 501 g/mol. The van der Waals surface area contributed by atoms with E-state index in [1.165, 1.54) is 37.4 Å². The van der Waals surface area contributed by atoms with Crippen molar-refractivity contribution in [3.8, 4) is 28.7 Å². The van der Waals surface area contributed by atoms with E-state index in [2.05, 4.69) is 15.0 Å². The summed E-state index contributed by atoms with van der Waals surface area (Å²) < 4.78 is 31.3. The fraction of sp³-hybridized carbons (Fsp3) is 0.400. The Kier molecular flexibility index (Phi) is 6.37. The highest BCUT2D eigenvalue weighted by molar-refractivity contribution is 5.85. The maximum Gasteiger partial charge on any atom is 0.317 e. The summed E-state index contributed by atoms with van der Waals surface area (Å²) in [6, 6.07) is 7.20. The molecule has 1 amide bonds. The van der Waals surface area contributed by atoms with Crippen LogP contribution >= 0.6 is 0 Å². The molecule has 5 rings (SSSR count). The molecule has 1 aliphatic heterocycles. The molecule has 0 bridgehead atoms. The van der Waals surface area contributed by atoms with Crippen LogP contribution in [-0.4, -0.2) is 68.5 Å². The minimum Gasteiger partial charge on any atom is -0.481 e. The van der Waals surface area contributed by atoms with Crippen molar-refractivity contribution in [1.82, 2.24) is 19.9 Å². The van der Waals surface area contributed by atoms with Gasteiger partial charge in [0.05, 0.1) is 36.9 Å². The van der Waals surface area contributed by atoms with E-state index in [0.717, 1.165) is 0 Å². The zero-order valence-electron chi connectivity index (χ0n) is 20.4. The Morgan fingerprint density at radius 2 is 1.84 bits per heavy atom. The number of hydrogen-bond donors (Lipinski definition) is 4. The third-order valence-corrected chi connectivity index (χ3v) is 6.90. The smallest absolute Gasteiger partial charge is 0.317 e. The number of primary amides is 1. The normalized spacial score (nSPS) is 24.1. The Morgan fingerprint density at radius 3 is 2.42 bits per heavy atom. The first-order valence-electron chi connectivity index (χ1n) is 11.9. The van der Waals surface area contributed by atoms with Gasteiger partial charge in [0.15, 0.2) is 5.82 Å². The number of carbonyl (C=O) groups excluding carboxylic acids is 1. The number of benzene rings is 1. The second kappa shape index (κ2) is 9.42. The van der Waals surface area contributed by atoms with Gasteiger partial charge in [-0.1, -0.05) is 0 Å². The number of ether oxygens (including phenoxy) is 3. The number of aromatic nitrogens is 4. The summed E-state index contributed by atoms with van der Waals surface area (Å²) >= 11 is 0. The molecule has 13 heteroatoms. The Bertz CT molecular complexity index is 1360. The average Bonchev–Trinajstić information content (AvgIpc) is 3.62. The molecule has 0 unspecified atom stereocenters. The van der Waals surface area contributed by atoms with Gasteiger partial charge in [-0.3, -0.25) is 9.59 Å². The molecule has 200 valence electrons. The number of aliphatic hydroxyl groups is 1. The molecule has 0 atom stereocenters. The fourth-order valence-electron chi connectivity index (χ4n) is 4.45. The second-order valence-corrected chi connectivity index (χ2v) is 9.62. The van der Waals surface area contributed by atoms with Crippen LogP contribution in [0.5, 0.6) is 6.01 Å². The van der Waals surface area contributed by atoms with Gasteiger partial charge in [0.1, 0.15) is 23.3 Å². The van der Waals surface area contributed by atoms with E-state index >= 15 is 0 Å². The number of carboxylic acid groups (broad SMARTS) is 1. The summed E-state index contributed by atoms with van der Waals surface area (Å²) in [5.74, 6) is -3.92. The molecule has 2 fully saturated rings. The second-order valence-electron chi connectivity index (χ2n) is 9.62. The SMILES string of the molecule is CC1(C(=O)O)COC(c2nc(-c3ccc(F)cc3)c(-c3ccnc(OCCO)n3)[nH]2)(C2(C(N)=O)CC2)OC1. The molecule has 3 aromatic rings. The van der Waals surface area contributed by atoms with Crippen LogP contribution in [0, 0.1) is 16.6 Å². The molecule has 2 aliphatic rings. The molecule has 12 nitrogen and oxygen atoms in total. The van der Waals surface area contributed by atoms with Crippen molar-refractivity contribution < 1.29 is 38.4 Å². The van der Waals surface area contributed by atoms with E-state index < -0.39 is 34.3 Å². The molecule has 0 spiro atoms. The number of aliphatic hydroxyl groups excluding tert-OH is 1. The number of aromatic amines is 1. The first kappa shape index (κ1) is 25.7. The Morgan fingerprint density at radius 1 is 1.16 bits per heavy atom. The quantitative estimate of drug-likeness (QED) is 0.319. The molecule has 1 aromatic carbocycles. The fourth-order valence-corrected chi connectivity index (χ4v) is 4.45. The van der Waals surface area contributed by atoms with Crippen LogP contribution < -0.4 is 10.5 Å². The monoisotopic (exact) mass is 527 g/mol. The van der Waals surface area contributed by atoms with Crippen molar-refractivity contribution in [1.29, 1.82) is 0 Å². The number of imidazole rings is 1. The van der Waals surface area contributed by atoms with E-state index in [-0.39, 0.29) is 38.3 Å². The topological polar surface area (TPSA) is 183 Å². The number of aliphatic carboxylic acids is 1. The Balaban J connectivity index is 1.66. The summed E-state index contributed by atoms with van der Waals surface area (Å²) in [5.41, 5.74) is 4.75. The van der Waals surface area contributed by atoms with Gasteiger partial charge in [0.25, 0.3) is 0 Å². The highest BCUT2D eigenvalue weighted by atomic mass is 19.1. The lowest BCUT2D eigenvalue weighted by atomic mass is 9.87. The Labute approximate surface area is 216 Å². The predicted molar refractivity (Wildman–Crippen MR) is 128 cm³/mol. The predicted octanol–water partition coefficient (Wildman–Crippen LogP) is 1.60. The maximum atomic E-state index is 13.7. The van der Waals surface area contributed by atoms with Crippen LogP contribution in [-0.2, 0) is 24.8 Å². The average molecular weight is 528 g/mol. The first-order chi connectivity index (χ1) is 18.1. The summed E-state index contributed by atoms with van der Waals surface area (Å²) in [7, 11) is 0. The van der Waals surface area contributed by atoms with E-state index in [9.17, 15) is 19.1 Å².